The highest BCUT2D eigenvalue weighted by Crippen LogP contribution is 2.33. The largest absolute Gasteiger partial charge is 0.294 e. The predicted octanol–water partition coefficient (Wildman–Crippen LogP) is 2.91. The van der Waals surface area contributed by atoms with Gasteiger partial charge in [-0.25, -0.2) is 0 Å². The highest BCUT2D eigenvalue weighted by molar-refractivity contribution is 5.97. The van der Waals surface area contributed by atoms with Gasteiger partial charge in [0.25, 0.3) is 0 Å². The minimum Gasteiger partial charge on any atom is -0.294 e. The third-order valence-electron chi connectivity index (χ3n) is 2.47. The van der Waals surface area contributed by atoms with E-state index in [0.29, 0.717) is 6.42 Å². The summed E-state index contributed by atoms with van der Waals surface area (Å²) >= 11 is 0. The van der Waals surface area contributed by atoms with Crippen LogP contribution >= 0.6 is 0 Å². The number of carbonyl (C=O) groups excluding carboxylic acids is 1. The van der Waals surface area contributed by atoms with E-state index in [9.17, 15) is 4.79 Å². The molecule has 0 aromatic heterocycles. The number of hydrogen-bond acceptors (Lipinski definition) is 2. The van der Waals surface area contributed by atoms with Crippen LogP contribution in [0.2, 0.25) is 0 Å². The molecule has 1 aliphatic carbocycles. The Labute approximate surface area is 85.4 Å². The molecule has 0 N–H and O–H groups in total. The summed E-state index contributed by atoms with van der Waals surface area (Å²) in [7, 11) is 0. The summed E-state index contributed by atoms with van der Waals surface area (Å²) in [4.78, 5) is 15.2. The van der Waals surface area contributed by atoms with Crippen molar-refractivity contribution in [3.63, 3.8) is 0 Å². The second kappa shape index (κ2) is 5.53. The molecule has 0 amide bonds. The summed E-state index contributed by atoms with van der Waals surface area (Å²) in [5.74, 6) is 1.04. The van der Waals surface area contributed by atoms with Crippen LogP contribution in [0, 0.1) is 5.92 Å². The van der Waals surface area contributed by atoms with Crippen molar-refractivity contribution in [2.45, 2.75) is 32.6 Å². The zero-order valence-electron chi connectivity index (χ0n) is 8.70. The summed E-state index contributed by atoms with van der Waals surface area (Å²) < 4.78 is 0. The molecule has 1 rings (SSSR count). The molecule has 76 valence electrons. The van der Waals surface area contributed by atoms with Gasteiger partial charge in [-0.2, -0.15) is 0 Å². The summed E-state index contributed by atoms with van der Waals surface area (Å²) in [5.41, 5.74) is 0.748. The van der Waals surface area contributed by atoms with E-state index in [1.54, 1.807) is 12.3 Å². The van der Waals surface area contributed by atoms with Crippen LogP contribution in [0.25, 0.3) is 0 Å². The Kier molecular flexibility index (Phi) is 4.30. The van der Waals surface area contributed by atoms with Gasteiger partial charge in [-0.15, -0.1) is 0 Å². The van der Waals surface area contributed by atoms with Gasteiger partial charge in [0.2, 0.25) is 0 Å². The fourth-order valence-corrected chi connectivity index (χ4v) is 1.37. The number of nitrogens with zero attached hydrogens (tertiary/aromatic N) is 1. The molecule has 0 aromatic rings. The maximum atomic E-state index is 11.6. The van der Waals surface area contributed by atoms with Gasteiger partial charge in [-0.1, -0.05) is 18.9 Å². The van der Waals surface area contributed by atoms with Crippen LogP contribution in [0.1, 0.15) is 32.6 Å². The van der Waals surface area contributed by atoms with E-state index < -0.39 is 0 Å². The molecule has 0 spiro atoms. The molecule has 0 heterocycles. The second-order valence-corrected chi connectivity index (χ2v) is 3.65. The molecule has 0 bridgehead atoms. The molecule has 2 nitrogen and oxygen atoms in total. The number of carbonyl (C=O) groups is 1. The molecule has 2 heteroatoms. The molecule has 1 fully saturated rings. The molecule has 0 radical (unpaired) electrons. The number of Topliss-reactive ketones (excluding diaryl/α,β-unsaturated/α-hetero) is 1. The number of aliphatic imine (C=N–C) groups is 1. The Balaban J connectivity index is 2.38. The van der Waals surface area contributed by atoms with Crippen LogP contribution in [-0.2, 0) is 4.79 Å². The lowest BCUT2D eigenvalue weighted by molar-refractivity contribution is -0.115. The van der Waals surface area contributed by atoms with Crippen LogP contribution in [0.15, 0.2) is 28.9 Å². The quantitative estimate of drug-likeness (QED) is 0.360. The zero-order valence-corrected chi connectivity index (χ0v) is 8.70. The maximum absolute atomic E-state index is 11.6. The van der Waals surface area contributed by atoms with Crippen molar-refractivity contribution in [1.82, 2.24) is 0 Å². The van der Waals surface area contributed by atoms with E-state index in [1.807, 2.05) is 13.0 Å². The fraction of sp³-hybridized carbons (Fsp3) is 0.500. The molecular weight excluding hydrogens is 174 g/mol. The first-order valence-electron chi connectivity index (χ1n) is 5.09. The van der Waals surface area contributed by atoms with Crippen molar-refractivity contribution in [3.05, 3.63) is 23.9 Å². The van der Waals surface area contributed by atoms with Gasteiger partial charge < -0.3 is 0 Å². The Morgan fingerprint density at radius 3 is 2.79 bits per heavy atom. The van der Waals surface area contributed by atoms with Gasteiger partial charge in [0.05, 0.1) is 0 Å². The molecule has 1 saturated carbocycles. The maximum Gasteiger partial charge on any atom is 0.162 e. The van der Waals surface area contributed by atoms with Gasteiger partial charge >= 0.3 is 0 Å². The number of ketones is 1. The minimum atomic E-state index is 0.222. The van der Waals surface area contributed by atoms with Gasteiger partial charge in [0.1, 0.15) is 0 Å². The second-order valence-electron chi connectivity index (χ2n) is 3.65. The third-order valence-corrected chi connectivity index (χ3v) is 2.47. The topological polar surface area (TPSA) is 29.4 Å². The summed E-state index contributed by atoms with van der Waals surface area (Å²) in [5, 5.41) is 0. The fourth-order valence-electron chi connectivity index (χ4n) is 1.37. The van der Waals surface area contributed by atoms with E-state index in [2.05, 4.69) is 11.7 Å². The molecule has 1 aliphatic rings. The minimum absolute atomic E-state index is 0.222. The van der Waals surface area contributed by atoms with Gasteiger partial charge in [-0.05, 0) is 32.1 Å². The summed E-state index contributed by atoms with van der Waals surface area (Å²) in [6.45, 7) is 5.21. The predicted molar refractivity (Wildman–Crippen MR) is 59.4 cm³/mol. The Hall–Kier alpha value is -1.18. The van der Waals surface area contributed by atoms with Crippen molar-refractivity contribution in [3.8, 4) is 0 Å². The first-order valence-corrected chi connectivity index (χ1v) is 5.09. The number of allylic oxidation sites excluding steroid dienone is 3. The van der Waals surface area contributed by atoms with Crippen LogP contribution in [-0.4, -0.2) is 12.5 Å². The first-order chi connectivity index (χ1) is 6.77. The Morgan fingerprint density at radius 1 is 1.57 bits per heavy atom. The Bertz CT molecular complexity index is 272. The lowest BCUT2D eigenvalue weighted by atomic mass is 10.1. The van der Waals surface area contributed by atoms with Crippen LogP contribution in [0.5, 0.6) is 0 Å². The molecule has 0 aliphatic heterocycles. The normalized spacial score (nSPS) is 17.4. The van der Waals surface area contributed by atoms with Crippen LogP contribution in [0.3, 0.4) is 0 Å². The lowest BCUT2D eigenvalue weighted by Crippen LogP contribution is -2.00. The molecule has 0 saturated heterocycles. The number of rotatable bonds is 6. The van der Waals surface area contributed by atoms with Crippen molar-refractivity contribution < 1.29 is 4.79 Å². The lowest BCUT2D eigenvalue weighted by Gasteiger charge is -1.99. The highest BCUT2D eigenvalue weighted by atomic mass is 16.1. The van der Waals surface area contributed by atoms with Crippen LogP contribution < -0.4 is 0 Å². The monoisotopic (exact) mass is 191 g/mol. The molecule has 0 unspecified atom stereocenters. The smallest absolute Gasteiger partial charge is 0.162 e. The van der Waals surface area contributed by atoms with E-state index in [0.717, 1.165) is 17.9 Å². The first kappa shape index (κ1) is 10.9. The van der Waals surface area contributed by atoms with Crippen molar-refractivity contribution in [1.29, 1.82) is 0 Å². The third kappa shape index (κ3) is 3.69. The van der Waals surface area contributed by atoms with E-state index in [-0.39, 0.29) is 5.78 Å². The average molecular weight is 191 g/mol. The standard InChI is InChI=1S/C12H17NO/c1-3-11(8-9-13-2)12(14)7-6-10-4-5-10/h3,8-10H,2,4-7H2,1H3/b9-8-,11-3+. The number of hydrogen-bond donors (Lipinski definition) is 0. The van der Waals surface area contributed by atoms with Gasteiger partial charge in [0.15, 0.2) is 5.78 Å². The van der Waals surface area contributed by atoms with E-state index in [1.165, 1.54) is 12.8 Å². The molecule has 0 atom stereocenters. The van der Waals surface area contributed by atoms with E-state index >= 15 is 0 Å². The van der Waals surface area contributed by atoms with E-state index in [4.69, 9.17) is 0 Å². The average Bonchev–Trinajstić information content (AvgIpc) is 2.99. The van der Waals surface area contributed by atoms with Crippen molar-refractivity contribution >= 4 is 12.5 Å². The van der Waals surface area contributed by atoms with Crippen LogP contribution in [0.4, 0.5) is 0 Å². The molecular formula is C12H17NO. The van der Waals surface area contributed by atoms with Gasteiger partial charge in [-0.3, -0.25) is 9.79 Å². The van der Waals surface area contributed by atoms with Crippen molar-refractivity contribution in [2.75, 3.05) is 0 Å². The Morgan fingerprint density at radius 2 is 2.29 bits per heavy atom. The molecule has 0 aromatic carbocycles. The van der Waals surface area contributed by atoms with Crippen molar-refractivity contribution in [2.24, 2.45) is 10.9 Å². The summed E-state index contributed by atoms with van der Waals surface area (Å²) in [6, 6.07) is 0. The SMILES string of the molecule is C=N/C=C\C(=C/C)C(=O)CCC1CC1. The summed E-state index contributed by atoms with van der Waals surface area (Å²) in [6.07, 6.45) is 9.45. The highest BCUT2D eigenvalue weighted by Gasteiger charge is 2.22. The van der Waals surface area contributed by atoms with Gasteiger partial charge in [0, 0.05) is 18.2 Å². The zero-order chi connectivity index (χ0) is 10.4. The molecule has 14 heavy (non-hydrogen) atoms.